The molecular weight excluding hydrogens is 223 g/mol. The van der Waals surface area contributed by atoms with Crippen molar-refractivity contribution in [2.24, 2.45) is 0 Å². The van der Waals surface area contributed by atoms with E-state index < -0.39 is 7.26 Å². The Labute approximate surface area is 104 Å². The Balaban J connectivity index is 2.58. The van der Waals surface area contributed by atoms with Gasteiger partial charge in [0, 0.05) is 0 Å². The lowest BCUT2D eigenvalue weighted by Gasteiger charge is -2.21. The van der Waals surface area contributed by atoms with Gasteiger partial charge in [0.1, 0.15) is 17.9 Å². The first-order valence-electron chi connectivity index (χ1n) is 5.96. The van der Waals surface area contributed by atoms with Crippen LogP contribution in [-0.4, -0.2) is 6.16 Å². The molecule has 0 unspecified atom stereocenters. The number of rotatable bonds is 4. The molecule has 0 nitrogen and oxygen atoms in total. The summed E-state index contributed by atoms with van der Waals surface area (Å²) in [7, 11) is -1.40. The van der Waals surface area contributed by atoms with E-state index in [-0.39, 0.29) is 0 Å². The van der Waals surface area contributed by atoms with Gasteiger partial charge in [-0.1, -0.05) is 43.0 Å². The molecule has 0 aliphatic carbocycles. The molecule has 0 atom stereocenters. The van der Waals surface area contributed by atoms with Crippen LogP contribution in [-0.2, 0) is 0 Å². The first-order chi connectivity index (χ1) is 8.33. The van der Waals surface area contributed by atoms with Crippen molar-refractivity contribution in [3.8, 4) is 0 Å². The molecule has 0 bridgehead atoms. The average molecular weight is 241 g/mol. The van der Waals surface area contributed by atoms with E-state index in [4.69, 9.17) is 0 Å². The summed E-state index contributed by atoms with van der Waals surface area (Å²) in [5.74, 6) is 2.18. The van der Waals surface area contributed by atoms with Gasteiger partial charge in [-0.2, -0.15) is 0 Å². The minimum Gasteiger partial charge on any atom is -0.0631 e. The highest BCUT2D eigenvalue weighted by Crippen LogP contribution is 2.56. The van der Waals surface area contributed by atoms with E-state index in [0.717, 1.165) is 6.16 Å². The van der Waals surface area contributed by atoms with Crippen LogP contribution < -0.4 is 10.6 Å². The molecule has 0 aromatic heterocycles. The average Bonchev–Trinajstić information content (AvgIpc) is 2.43. The highest BCUT2D eigenvalue weighted by atomic mass is 31.2. The van der Waals surface area contributed by atoms with Gasteiger partial charge in [0.25, 0.3) is 0 Å². The number of benzene rings is 2. The quantitative estimate of drug-likeness (QED) is 0.714. The fraction of sp³-hybridized carbons (Fsp3) is 0.125. The van der Waals surface area contributed by atoms with E-state index in [1.165, 1.54) is 10.6 Å². The van der Waals surface area contributed by atoms with Crippen LogP contribution in [0.5, 0.6) is 0 Å². The minimum absolute atomic E-state index is 1.13. The van der Waals surface area contributed by atoms with E-state index in [1.54, 1.807) is 0 Å². The first kappa shape index (κ1) is 12.1. The third-order valence-corrected chi connectivity index (χ3v) is 7.30. The van der Waals surface area contributed by atoms with Gasteiger partial charge < -0.3 is 0 Å². The van der Waals surface area contributed by atoms with Gasteiger partial charge in [-0.3, -0.25) is 0 Å². The van der Waals surface area contributed by atoms with Crippen LogP contribution in [0.2, 0.25) is 0 Å². The van der Waals surface area contributed by atoms with E-state index in [0.29, 0.717) is 0 Å². The monoisotopic (exact) mass is 241 g/mol. The lowest BCUT2D eigenvalue weighted by molar-refractivity contribution is 1.49. The zero-order chi connectivity index (χ0) is 12.1. The summed E-state index contributed by atoms with van der Waals surface area (Å²) in [6.07, 6.45) is 1.13. The molecule has 1 heteroatoms. The van der Waals surface area contributed by atoms with Crippen molar-refractivity contribution in [3.05, 3.63) is 73.1 Å². The molecule has 0 amide bonds. The van der Waals surface area contributed by atoms with E-state index in [9.17, 15) is 0 Å². The van der Waals surface area contributed by atoms with Crippen LogP contribution in [0.15, 0.2) is 73.1 Å². The second-order valence-corrected chi connectivity index (χ2v) is 7.81. The van der Waals surface area contributed by atoms with Crippen molar-refractivity contribution in [1.29, 1.82) is 0 Å². The van der Waals surface area contributed by atoms with Crippen molar-refractivity contribution in [1.82, 2.24) is 0 Å². The maximum absolute atomic E-state index is 4.11. The topological polar surface area (TPSA) is 0 Å². The molecule has 0 radical (unpaired) electrons. The van der Waals surface area contributed by atoms with Gasteiger partial charge in [0.15, 0.2) is 0 Å². The lowest BCUT2D eigenvalue weighted by atomic mass is 10.4. The third kappa shape index (κ3) is 2.18. The molecule has 0 aliphatic heterocycles. The zero-order valence-corrected chi connectivity index (χ0v) is 11.1. The molecule has 2 aromatic carbocycles. The summed E-state index contributed by atoms with van der Waals surface area (Å²) < 4.78 is 0. The summed E-state index contributed by atoms with van der Waals surface area (Å²) in [5, 5.41) is 2.84. The molecule has 2 rings (SSSR count). The predicted octanol–water partition coefficient (Wildman–Crippen LogP) is 3.82. The Bertz CT molecular complexity index is 434. The summed E-state index contributed by atoms with van der Waals surface area (Å²) in [6, 6.07) is 21.5. The molecule has 0 N–H and O–H groups in total. The fourth-order valence-corrected chi connectivity index (χ4v) is 5.36. The first-order valence-corrected chi connectivity index (χ1v) is 8.00. The Kier molecular flexibility index (Phi) is 3.76. The molecule has 0 saturated carbocycles. The largest absolute Gasteiger partial charge is 0.104 e. The van der Waals surface area contributed by atoms with Gasteiger partial charge in [-0.25, -0.2) is 0 Å². The zero-order valence-electron chi connectivity index (χ0n) is 10.2. The maximum atomic E-state index is 4.11. The van der Waals surface area contributed by atoms with Gasteiger partial charge in [-0.05, 0) is 31.2 Å². The van der Waals surface area contributed by atoms with Crippen LogP contribution >= 0.6 is 7.26 Å². The number of hydrogen-bond acceptors (Lipinski definition) is 0. The molecule has 0 saturated heterocycles. The van der Waals surface area contributed by atoms with Crippen LogP contribution in [0.3, 0.4) is 0 Å². The smallest absolute Gasteiger partial charge is 0.0631 e. The minimum atomic E-state index is -1.40. The Hall–Kier alpha value is -1.39. The summed E-state index contributed by atoms with van der Waals surface area (Å²) in [5.41, 5.74) is 0. The molecule has 17 heavy (non-hydrogen) atoms. The van der Waals surface area contributed by atoms with Crippen molar-refractivity contribution >= 4 is 17.9 Å². The van der Waals surface area contributed by atoms with Gasteiger partial charge in [0.05, 0.1) is 12.0 Å². The van der Waals surface area contributed by atoms with Crippen molar-refractivity contribution in [2.45, 2.75) is 6.92 Å². The standard InChI is InChI=1S/C16H18P/c1-3-17(4-2,15-11-7-5-8-12-15)16-13-9-6-10-14-16/h3,5-14H,1,4H2,2H3/q+1. The molecular formula is C16H18P+. The second kappa shape index (κ2) is 5.29. The maximum Gasteiger partial charge on any atom is 0.104 e. The highest BCUT2D eigenvalue weighted by molar-refractivity contribution is 7.92. The molecule has 0 spiro atoms. The lowest BCUT2D eigenvalue weighted by Crippen LogP contribution is -2.21. The fourth-order valence-electron chi connectivity index (χ4n) is 2.24. The summed E-state index contributed by atoms with van der Waals surface area (Å²) in [4.78, 5) is 0. The van der Waals surface area contributed by atoms with E-state index in [1.807, 2.05) is 0 Å². The molecule has 0 fully saturated rings. The van der Waals surface area contributed by atoms with Crippen LogP contribution in [0.4, 0.5) is 0 Å². The Morgan fingerprint density at radius 1 is 0.882 bits per heavy atom. The van der Waals surface area contributed by atoms with Crippen LogP contribution in [0.1, 0.15) is 6.92 Å². The Morgan fingerprint density at radius 2 is 1.29 bits per heavy atom. The molecule has 2 aromatic rings. The van der Waals surface area contributed by atoms with E-state index >= 15 is 0 Å². The van der Waals surface area contributed by atoms with E-state index in [2.05, 4.69) is 80.0 Å². The third-order valence-electron chi connectivity index (χ3n) is 3.24. The summed E-state index contributed by atoms with van der Waals surface area (Å²) in [6.45, 7) is 6.37. The molecule has 86 valence electrons. The summed E-state index contributed by atoms with van der Waals surface area (Å²) >= 11 is 0. The predicted molar refractivity (Wildman–Crippen MR) is 79.8 cm³/mol. The van der Waals surface area contributed by atoms with Gasteiger partial charge in [-0.15, -0.1) is 0 Å². The number of hydrogen-bond donors (Lipinski definition) is 0. The van der Waals surface area contributed by atoms with Crippen molar-refractivity contribution in [2.75, 3.05) is 6.16 Å². The normalized spacial score (nSPS) is 11.1. The van der Waals surface area contributed by atoms with Crippen LogP contribution in [0.25, 0.3) is 0 Å². The second-order valence-electron chi connectivity index (χ2n) is 4.04. The molecule has 0 heterocycles. The van der Waals surface area contributed by atoms with Crippen molar-refractivity contribution in [3.63, 3.8) is 0 Å². The van der Waals surface area contributed by atoms with Crippen molar-refractivity contribution < 1.29 is 0 Å². The SMILES string of the molecule is C=C[P+](CC)(c1ccccc1)c1ccccc1. The highest BCUT2D eigenvalue weighted by Gasteiger charge is 2.37. The Morgan fingerprint density at radius 3 is 1.59 bits per heavy atom. The van der Waals surface area contributed by atoms with Gasteiger partial charge >= 0.3 is 0 Å². The van der Waals surface area contributed by atoms with Crippen LogP contribution in [0, 0.1) is 0 Å². The van der Waals surface area contributed by atoms with Gasteiger partial charge in [0.2, 0.25) is 0 Å². The molecule has 0 aliphatic rings.